The standard InChI is InChI=1S/C29H58NO7P/c1-5-7-8-9-10-11-12-13-14-15-16-17-18-19-20-21-24-36-25-27(31)26-37-38(34,35)28(6-2)30(3,4)23-22-29(32)33/h11-12,17-18,27-29,31-33H,5-10,13-16,19-26H2,1-4H3/p+1/b12-11-,18-17-/t27-,28?/m1/s1. The van der Waals surface area contributed by atoms with Gasteiger partial charge >= 0.3 is 7.60 Å². The van der Waals surface area contributed by atoms with Crippen molar-refractivity contribution in [3.05, 3.63) is 24.3 Å². The predicted octanol–water partition coefficient (Wildman–Crippen LogP) is 5.89. The van der Waals surface area contributed by atoms with Gasteiger partial charge in [0, 0.05) is 19.4 Å². The molecule has 0 spiro atoms. The molecule has 0 aromatic heterocycles. The highest BCUT2D eigenvalue weighted by Crippen LogP contribution is 2.52. The SMILES string of the molecule is CCCCCC/C=C\CCCC/C=C\CCCCOC[C@@H](O)COP(=O)(O)C(CC)[N+](C)(C)CCC(O)O. The van der Waals surface area contributed by atoms with Crippen molar-refractivity contribution in [1.29, 1.82) is 0 Å². The zero-order valence-electron chi connectivity index (χ0n) is 24.7. The van der Waals surface area contributed by atoms with Gasteiger partial charge in [0.25, 0.3) is 0 Å². The van der Waals surface area contributed by atoms with Gasteiger partial charge < -0.3 is 34.0 Å². The fraction of sp³-hybridized carbons (Fsp3) is 0.862. The molecule has 0 radical (unpaired) electrons. The third kappa shape index (κ3) is 20.3. The van der Waals surface area contributed by atoms with Crippen molar-refractivity contribution in [3.8, 4) is 0 Å². The molecule has 0 aliphatic heterocycles. The van der Waals surface area contributed by atoms with Crippen molar-refractivity contribution in [2.24, 2.45) is 0 Å². The van der Waals surface area contributed by atoms with Crippen LogP contribution < -0.4 is 0 Å². The van der Waals surface area contributed by atoms with Crippen LogP contribution in [0.2, 0.25) is 0 Å². The van der Waals surface area contributed by atoms with E-state index in [0.29, 0.717) is 19.6 Å². The van der Waals surface area contributed by atoms with E-state index in [-0.39, 0.29) is 24.1 Å². The molecule has 38 heavy (non-hydrogen) atoms. The van der Waals surface area contributed by atoms with Crippen molar-refractivity contribution in [2.75, 3.05) is 40.5 Å². The minimum absolute atomic E-state index is 0.0504. The molecule has 0 aromatic carbocycles. The molecule has 4 N–H and O–H groups in total. The molecule has 2 unspecified atom stereocenters. The van der Waals surface area contributed by atoms with Gasteiger partial charge in [0.1, 0.15) is 6.10 Å². The number of ether oxygens (including phenoxy) is 1. The van der Waals surface area contributed by atoms with Crippen LogP contribution in [0, 0.1) is 0 Å². The molecule has 0 aromatic rings. The molecule has 0 heterocycles. The Hall–Kier alpha value is -0.570. The summed E-state index contributed by atoms with van der Waals surface area (Å²) >= 11 is 0. The van der Waals surface area contributed by atoms with Crippen LogP contribution in [0.1, 0.15) is 104 Å². The summed E-state index contributed by atoms with van der Waals surface area (Å²) in [5.74, 6) is -0.732. The maximum Gasteiger partial charge on any atom is 0.385 e. The van der Waals surface area contributed by atoms with Gasteiger partial charge in [-0.25, -0.2) is 0 Å². The first-order chi connectivity index (χ1) is 18.1. The Balaban J connectivity index is 3.86. The molecular weight excluding hydrogens is 505 g/mol. The molecule has 3 atom stereocenters. The number of allylic oxidation sites excluding steroid dienone is 4. The van der Waals surface area contributed by atoms with E-state index >= 15 is 0 Å². The minimum atomic E-state index is -4.03. The number of hydrogen-bond donors (Lipinski definition) is 4. The molecule has 8 nitrogen and oxygen atoms in total. The summed E-state index contributed by atoms with van der Waals surface area (Å²) in [6.07, 6.45) is 21.4. The summed E-state index contributed by atoms with van der Waals surface area (Å²) < 4.78 is 23.7. The van der Waals surface area contributed by atoms with Gasteiger partial charge in [-0.15, -0.1) is 0 Å². The summed E-state index contributed by atoms with van der Waals surface area (Å²) in [5.41, 5.74) is 0. The normalized spacial score (nSPS) is 16.0. The van der Waals surface area contributed by atoms with Crippen molar-refractivity contribution in [1.82, 2.24) is 0 Å². The first-order valence-electron chi connectivity index (χ1n) is 14.8. The lowest BCUT2D eigenvalue weighted by molar-refractivity contribution is -0.903. The maximum atomic E-state index is 12.8. The van der Waals surface area contributed by atoms with Gasteiger partial charge in [0.15, 0.2) is 12.1 Å². The summed E-state index contributed by atoms with van der Waals surface area (Å²) in [4.78, 5) is 10.5. The van der Waals surface area contributed by atoms with E-state index in [1.165, 1.54) is 51.4 Å². The third-order valence-corrected chi connectivity index (χ3v) is 9.00. The van der Waals surface area contributed by atoms with E-state index in [0.717, 1.165) is 25.7 Å². The average Bonchev–Trinajstić information content (AvgIpc) is 2.85. The highest BCUT2D eigenvalue weighted by atomic mass is 31.2. The second-order valence-corrected chi connectivity index (χ2v) is 12.8. The van der Waals surface area contributed by atoms with E-state index < -0.39 is 25.8 Å². The lowest BCUT2D eigenvalue weighted by Crippen LogP contribution is -2.50. The Bertz CT molecular complexity index is 655. The van der Waals surface area contributed by atoms with Crippen LogP contribution in [-0.4, -0.2) is 83.3 Å². The van der Waals surface area contributed by atoms with Gasteiger partial charge in [-0.2, -0.15) is 0 Å². The number of aliphatic hydroxyl groups is 3. The van der Waals surface area contributed by atoms with Crippen molar-refractivity contribution in [3.63, 3.8) is 0 Å². The Morgan fingerprint density at radius 2 is 1.32 bits per heavy atom. The zero-order chi connectivity index (χ0) is 28.7. The minimum Gasteiger partial charge on any atom is -0.388 e. The largest absolute Gasteiger partial charge is 0.388 e. The fourth-order valence-corrected chi connectivity index (χ4v) is 6.34. The Morgan fingerprint density at radius 3 is 1.82 bits per heavy atom. The molecule has 226 valence electrons. The van der Waals surface area contributed by atoms with Crippen molar-refractivity contribution >= 4 is 7.60 Å². The topological polar surface area (TPSA) is 116 Å². The number of nitrogens with zero attached hydrogens (tertiary/aromatic N) is 1. The van der Waals surface area contributed by atoms with Gasteiger partial charge in [0.2, 0.25) is 0 Å². The highest BCUT2D eigenvalue weighted by Gasteiger charge is 2.43. The van der Waals surface area contributed by atoms with Crippen LogP contribution in [-0.2, 0) is 13.8 Å². The van der Waals surface area contributed by atoms with Crippen LogP contribution >= 0.6 is 7.60 Å². The van der Waals surface area contributed by atoms with E-state index in [1.54, 1.807) is 21.0 Å². The molecule has 9 heteroatoms. The first kappa shape index (κ1) is 37.4. The van der Waals surface area contributed by atoms with Crippen LogP contribution in [0.25, 0.3) is 0 Å². The average molecular weight is 565 g/mol. The lowest BCUT2D eigenvalue weighted by Gasteiger charge is -2.39. The maximum absolute atomic E-state index is 12.8. The number of aliphatic hydroxyl groups excluding tert-OH is 2. The monoisotopic (exact) mass is 564 g/mol. The van der Waals surface area contributed by atoms with E-state index in [2.05, 4.69) is 31.2 Å². The Kier molecular flexibility index (Phi) is 22.8. The van der Waals surface area contributed by atoms with Crippen LogP contribution in [0.5, 0.6) is 0 Å². The van der Waals surface area contributed by atoms with Gasteiger partial charge in [-0.1, -0.05) is 57.4 Å². The summed E-state index contributed by atoms with van der Waals surface area (Å²) in [5, 5.41) is 28.4. The highest BCUT2D eigenvalue weighted by molar-refractivity contribution is 7.53. The molecule has 0 amide bonds. The van der Waals surface area contributed by atoms with Gasteiger partial charge in [0.05, 0.1) is 33.9 Å². The zero-order valence-corrected chi connectivity index (χ0v) is 25.6. The molecule has 0 saturated carbocycles. The molecule has 0 rings (SSSR count). The van der Waals surface area contributed by atoms with Crippen molar-refractivity contribution in [2.45, 2.75) is 122 Å². The first-order valence-corrected chi connectivity index (χ1v) is 16.4. The summed E-state index contributed by atoms with van der Waals surface area (Å²) in [6, 6.07) is 0. The van der Waals surface area contributed by atoms with E-state index in [4.69, 9.17) is 19.5 Å². The number of quaternary nitrogens is 1. The molecule has 0 aliphatic carbocycles. The number of unbranched alkanes of at least 4 members (excludes halogenated alkanes) is 9. The quantitative estimate of drug-likeness (QED) is 0.0340. The third-order valence-electron chi connectivity index (χ3n) is 6.73. The summed E-state index contributed by atoms with van der Waals surface area (Å²) in [6.45, 7) is 4.63. The van der Waals surface area contributed by atoms with E-state index in [9.17, 15) is 14.6 Å². The van der Waals surface area contributed by atoms with Crippen LogP contribution in [0.3, 0.4) is 0 Å². The van der Waals surface area contributed by atoms with Crippen LogP contribution in [0.15, 0.2) is 24.3 Å². The molecule has 0 fully saturated rings. The Morgan fingerprint density at radius 1 is 0.789 bits per heavy atom. The Labute approximate surface area is 232 Å². The molecular formula is C29H59NO7P+. The molecule has 0 saturated heterocycles. The second kappa shape index (κ2) is 23.2. The fourth-order valence-electron chi connectivity index (χ4n) is 4.41. The lowest BCUT2D eigenvalue weighted by atomic mass is 10.1. The predicted molar refractivity (Wildman–Crippen MR) is 156 cm³/mol. The molecule has 0 bridgehead atoms. The summed E-state index contributed by atoms with van der Waals surface area (Å²) in [7, 11) is -0.520. The van der Waals surface area contributed by atoms with Gasteiger partial charge in [-0.3, -0.25) is 4.57 Å². The number of rotatable bonds is 26. The second-order valence-electron chi connectivity index (χ2n) is 10.8. The number of hydrogen-bond acceptors (Lipinski definition) is 6. The van der Waals surface area contributed by atoms with Gasteiger partial charge in [-0.05, 0) is 57.8 Å². The van der Waals surface area contributed by atoms with E-state index in [1.807, 2.05) is 0 Å². The molecule has 0 aliphatic rings. The van der Waals surface area contributed by atoms with Crippen molar-refractivity contribution < 1.29 is 38.5 Å². The van der Waals surface area contributed by atoms with Crippen LogP contribution in [0.4, 0.5) is 0 Å². The smallest absolute Gasteiger partial charge is 0.385 e.